The first-order chi connectivity index (χ1) is 9.01. The van der Waals surface area contributed by atoms with Crippen molar-refractivity contribution in [3.05, 3.63) is 0 Å². The van der Waals surface area contributed by atoms with Crippen molar-refractivity contribution < 1.29 is 24.9 Å². The summed E-state index contributed by atoms with van der Waals surface area (Å²) in [6, 6.07) is -1.09. The summed E-state index contributed by atoms with van der Waals surface area (Å²) in [4.78, 5) is 22.3. The minimum atomic E-state index is -1.18. The summed E-state index contributed by atoms with van der Waals surface area (Å²) in [6.45, 7) is 1.79. The molecule has 0 bridgehead atoms. The summed E-state index contributed by atoms with van der Waals surface area (Å²) in [6.07, 6.45) is 3.79. The van der Waals surface area contributed by atoms with Gasteiger partial charge in [-0.1, -0.05) is 32.6 Å². The molecule has 1 unspecified atom stereocenters. The van der Waals surface area contributed by atoms with Crippen LogP contribution in [-0.2, 0) is 9.59 Å². The number of aliphatic carboxylic acids is 1. The van der Waals surface area contributed by atoms with Crippen LogP contribution in [0.5, 0.6) is 0 Å². The second-order valence-corrected chi connectivity index (χ2v) is 4.68. The molecule has 0 rings (SSSR count). The zero-order valence-corrected chi connectivity index (χ0v) is 11.5. The van der Waals surface area contributed by atoms with Gasteiger partial charge in [-0.15, -0.1) is 0 Å². The van der Waals surface area contributed by atoms with E-state index >= 15 is 0 Å². The first-order valence-electron chi connectivity index (χ1n) is 6.82. The standard InChI is InChI=1S/C13H25NO5/c1-2-3-4-5-6-10(16)9-12(17)14-11(7-8-15)13(18)19/h10-11,15-16H,2-9H2,1H3,(H,14,17)(H,18,19)/t10?,11-/m0/s1. The maximum absolute atomic E-state index is 11.5. The second-order valence-electron chi connectivity index (χ2n) is 4.68. The van der Waals surface area contributed by atoms with E-state index in [1.54, 1.807) is 0 Å². The molecule has 0 aromatic carbocycles. The van der Waals surface area contributed by atoms with Crippen molar-refractivity contribution >= 4 is 11.9 Å². The number of carboxylic acids is 1. The first-order valence-corrected chi connectivity index (χ1v) is 6.82. The predicted molar refractivity (Wildman–Crippen MR) is 70.7 cm³/mol. The fraction of sp³-hybridized carbons (Fsp3) is 0.846. The minimum Gasteiger partial charge on any atom is -0.480 e. The number of carbonyl (C=O) groups excluding carboxylic acids is 1. The van der Waals surface area contributed by atoms with Gasteiger partial charge in [0.2, 0.25) is 5.91 Å². The van der Waals surface area contributed by atoms with Crippen LogP contribution < -0.4 is 5.32 Å². The SMILES string of the molecule is CCCCCCC(O)CC(=O)N[C@@H](CCO)C(=O)O. The van der Waals surface area contributed by atoms with Gasteiger partial charge < -0.3 is 20.6 Å². The third-order valence-corrected chi connectivity index (χ3v) is 2.86. The van der Waals surface area contributed by atoms with E-state index in [9.17, 15) is 14.7 Å². The molecule has 0 spiro atoms. The fourth-order valence-corrected chi connectivity index (χ4v) is 1.76. The molecule has 6 heteroatoms. The van der Waals surface area contributed by atoms with Gasteiger partial charge >= 0.3 is 5.97 Å². The van der Waals surface area contributed by atoms with E-state index < -0.39 is 24.0 Å². The Bertz CT molecular complexity index is 270. The van der Waals surface area contributed by atoms with Gasteiger partial charge in [-0.3, -0.25) is 4.79 Å². The van der Waals surface area contributed by atoms with Crippen molar-refractivity contribution in [2.75, 3.05) is 6.61 Å². The maximum Gasteiger partial charge on any atom is 0.326 e. The Kier molecular flexibility index (Phi) is 10.1. The summed E-state index contributed by atoms with van der Waals surface area (Å²) >= 11 is 0. The molecule has 19 heavy (non-hydrogen) atoms. The highest BCUT2D eigenvalue weighted by Crippen LogP contribution is 2.08. The van der Waals surface area contributed by atoms with Crippen LogP contribution in [-0.4, -0.2) is 45.9 Å². The van der Waals surface area contributed by atoms with Gasteiger partial charge in [0.05, 0.1) is 12.5 Å². The molecule has 6 nitrogen and oxygen atoms in total. The summed E-state index contributed by atoms with van der Waals surface area (Å²) < 4.78 is 0. The lowest BCUT2D eigenvalue weighted by molar-refractivity contribution is -0.142. The lowest BCUT2D eigenvalue weighted by atomic mass is 10.1. The first kappa shape index (κ1) is 17.9. The maximum atomic E-state index is 11.5. The number of rotatable bonds is 11. The summed E-state index contributed by atoms with van der Waals surface area (Å²) in [5, 5.41) is 29.4. The minimum absolute atomic E-state index is 0.0341. The van der Waals surface area contributed by atoms with Crippen LogP contribution in [0.25, 0.3) is 0 Å². The van der Waals surface area contributed by atoms with Crippen LogP contribution in [0.2, 0.25) is 0 Å². The predicted octanol–water partition coefficient (Wildman–Crippen LogP) is 0.660. The molecule has 0 aromatic rings. The van der Waals surface area contributed by atoms with Crippen LogP contribution >= 0.6 is 0 Å². The molecule has 0 radical (unpaired) electrons. The molecule has 0 saturated carbocycles. The van der Waals surface area contributed by atoms with E-state index in [1.165, 1.54) is 0 Å². The summed E-state index contributed by atoms with van der Waals surface area (Å²) in [7, 11) is 0. The second kappa shape index (κ2) is 10.8. The highest BCUT2D eigenvalue weighted by Gasteiger charge is 2.20. The van der Waals surface area contributed by atoms with Crippen molar-refractivity contribution in [1.29, 1.82) is 0 Å². The molecule has 0 aliphatic heterocycles. The molecule has 112 valence electrons. The molecular formula is C13H25NO5. The normalized spacial score (nSPS) is 13.8. The molecule has 4 N–H and O–H groups in total. The Morgan fingerprint density at radius 2 is 1.84 bits per heavy atom. The smallest absolute Gasteiger partial charge is 0.326 e. The number of nitrogens with one attached hydrogen (secondary N) is 1. The number of aliphatic hydroxyl groups is 2. The topological polar surface area (TPSA) is 107 Å². The van der Waals surface area contributed by atoms with E-state index in [4.69, 9.17) is 10.2 Å². The monoisotopic (exact) mass is 275 g/mol. The van der Waals surface area contributed by atoms with Crippen LogP contribution in [0.1, 0.15) is 51.9 Å². The van der Waals surface area contributed by atoms with Gasteiger partial charge in [-0.2, -0.15) is 0 Å². The summed E-state index contributed by atoms with van der Waals surface area (Å²) in [5.74, 6) is -1.68. The molecule has 0 aliphatic rings. The largest absolute Gasteiger partial charge is 0.480 e. The quantitative estimate of drug-likeness (QED) is 0.414. The Balaban J connectivity index is 3.90. The fourth-order valence-electron chi connectivity index (χ4n) is 1.76. The van der Waals surface area contributed by atoms with Crippen molar-refractivity contribution in [3.8, 4) is 0 Å². The molecule has 0 fully saturated rings. The number of carbonyl (C=O) groups is 2. The molecule has 0 aliphatic carbocycles. The van der Waals surface area contributed by atoms with Crippen LogP contribution in [0.15, 0.2) is 0 Å². The third kappa shape index (κ3) is 9.44. The van der Waals surface area contributed by atoms with Crippen molar-refractivity contribution in [2.24, 2.45) is 0 Å². The third-order valence-electron chi connectivity index (χ3n) is 2.86. The summed E-state index contributed by atoms with van der Waals surface area (Å²) in [5.41, 5.74) is 0. The molecule has 1 amide bonds. The van der Waals surface area contributed by atoms with E-state index in [-0.39, 0.29) is 19.4 Å². The van der Waals surface area contributed by atoms with Crippen molar-refractivity contribution in [3.63, 3.8) is 0 Å². The molecule has 0 heterocycles. The Hall–Kier alpha value is -1.14. The van der Waals surface area contributed by atoms with E-state index in [0.717, 1.165) is 25.7 Å². The number of hydrogen-bond donors (Lipinski definition) is 4. The number of aliphatic hydroxyl groups excluding tert-OH is 2. The van der Waals surface area contributed by atoms with Gasteiger partial charge in [-0.25, -0.2) is 4.79 Å². The Morgan fingerprint density at radius 1 is 1.16 bits per heavy atom. The lowest BCUT2D eigenvalue weighted by Crippen LogP contribution is -2.42. The zero-order valence-electron chi connectivity index (χ0n) is 11.5. The number of amides is 1. The average Bonchev–Trinajstić information content (AvgIpc) is 2.34. The molecule has 0 aromatic heterocycles. The van der Waals surface area contributed by atoms with Crippen molar-refractivity contribution in [2.45, 2.75) is 64.0 Å². The number of carboxylic acid groups (broad SMARTS) is 1. The Morgan fingerprint density at radius 3 is 2.37 bits per heavy atom. The highest BCUT2D eigenvalue weighted by atomic mass is 16.4. The van der Waals surface area contributed by atoms with E-state index in [2.05, 4.69) is 12.2 Å². The van der Waals surface area contributed by atoms with Crippen LogP contribution in [0, 0.1) is 0 Å². The van der Waals surface area contributed by atoms with Gasteiger partial charge in [0.25, 0.3) is 0 Å². The van der Waals surface area contributed by atoms with Crippen molar-refractivity contribution in [1.82, 2.24) is 5.32 Å². The number of hydrogen-bond acceptors (Lipinski definition) is 4. The molecule has 0 saturated heterocycles. The lowest BCUT2D eigenvalue weighted by Gasteiger charge is -2.15. The number of unbranched alkanes of at least 4 members (excludes halogenated alkanes) is 3. The average molecular weight is 275 g/mol. The van der Waals surface area contributed by atoms with Crippen LogP contribution in [0.4, 0.5) is 0 Å². The van der Waals surface area contributed by atoms with E-state index in [0.29, 0.717) is 6.42 Å². The van der Waals surface area contributed by atoms with Gasteiger partial charge in [-0.05, 0) is 6.42 Å². The van der Waals surface area contributed by atoms with Gasteiger partial charge in [0.15, 0.2) is 0 Å². The Labute approximate surface area is 113 Å². The van der Waals surface area contributed by atoms with E-state index in [1.807, 2.05) is 0 Å². The molecular weight excluding hydrogens is 250 g/mol. The highest BCUT2D eigenvalue weighted by molar-refractivity contribution is 5.83. The van der Waals surface area contributed by atoms with Gasteiger partial charge in [0, 0.05) is 13.0 Å². The van der Waals surface area contributed by atoms with Gasteiger partial charge in [0.1, 0.15) is 6.04 Å². The van der Waals surface area contributed by atoms with Crippen LogP contribution in [0.3, 0.4) is 0 Å². The zero-order chi connectivity index (χ0) is 14.7. The molecule has 2 atom stereocenters.